The van der Waals surface area contributed by atoms with Gasteiger partial charge in [-0.05, 0) is 19.8 Å². The fourth-order valence-corrected chi connectivity index (χ4v) is 1.88. The van der Waals surface area contributed by atoms with Gasteiger partial charge in [-0.15, -0.1) is 0 Å². The fourth-order valence-electron chi connectivity index (χ4n) is 1.88. The lowest BCUT2D eigenvalue weighted by molar-refractivity contribution is 0.0995. The summed E-state index contributed by atoms with van der Waals surface area (Å²) in [6.07, 6.45) is 2.42. The summed E-state index contributed by atoms with van der Waals surface area (Å²) in [5.74, 6) is 1.20. The number of nitrogens with two attached hydrogens (primary N) is 2. The molecule has 1 fully saturated rings. The Kier molecular flexibility index (Phi) is 3.09. The number of ether oxygens (including phenoxy) is 1. The van der Waals surface area contributed by atoms with Gasteiger partial charge in [0.1, 0.15) is 11.6 Å². The van der Waals surface area contributed by atoms with Crippen LogP contribution in [0.4, 0.5) is 17.6 Å². The third-order valence-corrected chi connectivity index (χ3v) is 2.66. The second-order valence-corrected chi connectivity index (χ2v) is 4.02. The third kappa shape index (κ3) is 2.52. The molecular formula is C10H17N5O. The van der Waals surface area contributed by atoms with Gasteiger partial charge in [0.05, 0.1) is 12.1 Å². The highest BCUT2D eigenvalue weighted by Gasteiger charge is 2.22. The molecule has 6 nitrogen and oxygen atoms in total. The first kappa shape index (κ1) is 10.9. The van der Waals surface area contributed by atoms with E-state index in [0.29, 0.717) is 11.6 Å². The minimum absolute atomic E-state index is 0.182. The van der Waals surface area contributed by atoms with E-state index in [4.69, 9.17) is 16.2 Å². The van der Waals surface area contributed by atoms with E-state index in [1.165, 1.54) is 0 Å². The molecule has 1 aliphatic rings. The zero-order chi connectivity index (χ0) is 11.5. The lowest BCUT2D eigenvalue weighted by atomic mass is 10.1. The van der Waals surface area contributed by atoms with Gasteiger partial charge >= 0.3 is 0 Å². The van der Waals surface area contributed by atoms with Crippen molar-refractivity contribution < 1.29 is 4.74 Å². The van der Waals surface area contributed by atoms with E-state index in [1.807, 2.05) is 0 Å². The number of aromatic nitrogens is 2. The van der Waals surface area contributed by atoms with Crippen LogP contribution in [0.3, 0.4) is 0 Å². The van der Waals surface area contributed by atoms with E-state index in [2.05, 4.69) is 22.2 Å². The van der Waals surface area contributed by atoms with Crippen molar-refractivity contribution in [2.24, 2.45) is 0 Å². The van der Waals surface area contributed by atoms with Gasteiger partial charge in [0, 0.05) is 12.7 Å². The number of hydrogen-bond donors (Lipinski definition) is 3. The average molecular weight is 223 g/mol. The van der Waals surface area contributed by atoms with E-state index in [1.54, 1.807) is 6.07 Å². The Morgan fingerprint density at radius 3 is 2.94 bits per heavy atom. The second kappa shape index (κ2) is 4.52. The van der Waals surface area contributed by atoms with Crippen molar-refractivity contribution in [3.8, 4) is 0 Å². The number of rotatable bonds is 3. The summed E-state index contributed by atoms with van der Waals surface area (Å²) >= 11 is 0. The van der Waals surface area contributed by atoms with Crippen molar-refractivity contribution in [1.82, 2.24) is 9.97 Å². The Hall–Kier alpha value is -1.56. The second-order valence-electron chi connectivity index (χ2n) is 4.02. The first-order valence-corrected chi connectivity index (χ1v) is 5.43. The minimum atomic E-state index is 0.182. The summed E-state index contributed by atoms with van der Waals surface area (Å²) in [5, 5.41) is 3.23. The van der Waals surface area contributed by atoms with Crippen LogP contribution >= 0.6 is 0 Å². The SMILES string of the molecule is CC(Nc1cc(N)nc(N)n1)C1CCCO1. The molecule has 1 aromatic rings. The maximum atomic E-state index is 5.59. The average Bonchev–Trinajstić information content (AvgIpc) is 2.68. The summed E-state index contributed by atoms with van der Waals surface area (Å²) in [6.45, 7) is 2.90. The Bertz CT molecular complexity index is 344. The van der Waals surface area contributed by atoms with Crippen LogP contribution in [0.2, 0.25) is 0 Å². The van der Waals surface area contributed by atoms with E-state index in [9.17, 15) is 0 Å². The molecule has 0 amide bonds. The maximum Gasteiger partial charge on any atom is 0.223 e. The van der Waals surface area contributed by atoms with Gasteiger partial charge in [0.2, 0.25) is 5.95 Å². The number of anilines is 3. The first-order valence-electron chi connectivity index (χ1n) is 5.43. The third-order valence-electron chi connectivity index (χ3n) is 2.66. The smallest absolute Gasteiger partial charge is 0.223 e. The molecule has 0 radical (unpaired) electrons. The number of nitrogens with one attached hydrogen (secondary N) is 1. The van der Waals surface area contributed by atoms with Crippen molar-refractivity contribution in [1.29, 1.82) is 0 Å². The summed E-state index contributed by atoms with van der Waals surface area (Å²) in [6, 6.07) is 1.86. The molecule has 16 heavy (non-hydrogen) atoms. The standard InChI is InChI=1S/C10H17N5O/c1-6(7-3-2-4-16-7)13-9-5-8(11)14-10(12)15-9/h5-7H,2-4H2,1H3,(H5,11,12,13,14,15). The summed E-state index contributed by atoms with van der Waals surface area (Å²) < 4.78 is 5.58. The fraction of sp³-hybridized carbons (Fsp3) is 0.600. The first-order chi connectivity index (χ1) is 7.65. The quantitative estimate of drug-likeness (QED) is 0.694. The normalized spacial score (nSPS) is 21.9. The van der Waals surface area contributed by atoms with Crippen LogP contribution in [0.5, 0.6) is 0 Å². The molecule has 5 N–H and O–H groups in total. The van der Waals surface area contributed by atoms with Crippen LogP contribution in [0.15, 0.2) is 6.07 Å². The van der Waals surface area contributed by atoms with Crippen LogP contribution in [-0.4, -0.2) is 28.7 Å². The predicted molar refractivity (Wildman–Crippen MR) is 62.9 cm³/mol. The molecule has 0 aromatic carbocycles. The van der Waals surface area contributed by atoms with Crippen molar-refractivity contribution >= 4 is 17.6 Å². The van der Waals surface area contributed by atoms with Gasteiger partial charge < -0.3 is 21.5 Å². The zero-order valence-corrected chi connectivity index (χ0v) is 9.31. The molecule has 0 spiro atoms. The van der Waals surface area contributed by atoms with Gasteiger partial charge in [-0.1, -0.05) is 0 Å². The lowest BCUT2D eigenvalue weighted by Crippen LogP contribution is -2.30. The molecule has 6 heteroatoms. The Labute approximate surface area is 94.4 Å². The Balaban J connectivity index is 2.02. The van der Waals surface area contributed by atoms with Gasteiger partial charge in [-0.3, -0.25) is 0 Å². The summed E-state index contributed by atoms with van der Waals surface area (Å²) in [5.41, 5.74) is 11.1. The highest BCUT2D eigenvalue weighted by atomic mass is 16.5. The highest BCUT2D eigenvalue weighted by Crippen LogP contribution is 2.19. The molecule has 2 heterocycles. The van der Waals surface area contributed by atoms with Crippen LogP contribution < -0.4 is 16.8 Å². The Morgan fingerprint density at radius 2 is 2.31 bits per heavy atom. The van der Waals surface area contributed by atoms with Crippen LogP contribution in [-0.2, 0) is 4.74 Å². The summed E-state index contributed by atoms with van der Waals surface area (Å²) in [7, 11) is 0. The van der Waals surface area contributed by atoms with Gasteiger partial charge in [-0.2, -0.15) is 9.97 Å². The van der Waals surface area contributed by atoms with Crippen LogP contribution in [0, 0.1) is 0 Å². The molecule has 2 atom stereocenters. The van der Waals surface area contributed by atoms with Crippen molar-refractivity contribution in [3.63, 3.8) is 0 Å². The van der Waals surface area contributed by atoms with Crippen LogP contribution in [0.25, 0.3) is 0 Å². The van der Waals surface area contributed by atoms with E-state index < -0.39 is 0 Å². The number of nitrogen functional groups attached to an aromatic ring is 2. The van der Waals surface area contributed by atoms with Gasteiger partial charge in [-0.25, -0.2) is 0 Å². The van der Waals surface area contributed by atoms with E-state index >= 15 is 0 Å². The van der Waals surface area contributed by atoms with Crippen molar-refractivity contribution in [2.75, 3.05) is 23.4 Å². The molecule has 1 aliphatic heterocycles. The molecule has 88 valence electrons. The van der Waals surface area contributed by atoms with Crippen molar-refractivity contribution in [3.05, 3.63) is 6.07 Å². The molecule has 1 aromatic heterocycles. The zero-order valence-electron chi connectivity index (χ0n) is 9.31. The molecule has 0 bridgehead atoms. The Morgan fingerprint density at radius 1 is 1.50 bits per heavy atom. The van der Waals surface area contributed by atoms with Gasteiger partial charge in [0.15, 0.2) is 0 Å². The molecule has 2 rings (SSSR count). The minimum Gasteiger partial charge on any atom is -0.383 e. The number of hydrogen-bond acceptors (Lipinski definition) is 6. The molecular weight excluding hydrogens is 206 g/mol. The van der Waals surface area contributed by atoms with Gasteiger partial charge in [0.25, 0.3) is 0 Å². The largest absolute Gasteiger partial charge is 0.383 e. The molecule has 0 saturated carbocycles. The number of nitrogens with zero attached hydrogens (tertiary/aromatic N) is 2. The topological polar surface area (TPSA) is 99.1 Å². The summed E-state index contributed by atoms with van der Waals surface area (Å²) in [4.78, 5) is 7.88. The molecule has 1 saturated heterocycles. The lowest BCUT2D eigenvalue weighted by Gasteiger charge is -2.20. The maximum absolute atomic E-state index is 5.59. The highest BCUT2D eigenvalue weighted by molar-refractivity contribution is 5.48. The monoisotopic (exact) mass is 223 g/mol. The predicted octanol–water partition coefficient (Wildman–Crippen LogP) is 0.620. The van der Waals surface area contributed by atoms with E-state index in [-0.39, 0.29) is 18.1 Å². The van der Waals surface area contributed by atoms with E-state index in [0.717, 1.165) is 19.4 Å². The molecule has 0 aliphatic carbocycles. The molecule has 2 unspecified atom stereocenters. The van der Waals surface area contributed by atoms with Crippen molar-refractivity contribution in [2.45, 2.75) is 31.9 Å². The van der Waals surface area contributed by atoms with Crippen LogP contribution in [0.1, 0.15) is 19.8 Å².